The van der Waals surface area contributed by atoms with Gasteiger partial charge in [0.15, 0.2) is 12.1 Å². The van der Waals surface area contributed by atoms with Crippen LogP contribution in [0.2, 0.25) is 5.02 Å². The summed E-state index contributed by atoms with van der Waals surface area (Å²) in [6.45, 7) is 0. The van der Waals surface area contributed by atoms with Crippen LogP contribution in [-0.2, 0) is 9.59 Å². The fourth-order valence-electron chi connectivity index (χ4n) is 2.81. The van der Waals surface area contributed by atoms with Crippen molar-refractivity contribution in [3.8, 4) is 0 Å². The summed E-state index contributed by atoms with van der Waals surface area (Å²) < 4.78 is 13.1. The number of carbonyl (C=O) groups excluding carboxylic acids is 2. The molecule has 6 nitrogen and oxygen atoms in total. The van der Waals surface area contributed by atoms with E-state index in [1.165, 1.54) is 29.3 Å². The molecule has 0 spiro atoms. The van der Waals surface area contributed by atoms with Gasteiger partial charge in [0.1, 0.15) is 5.82 Å². The van der Waals surface area contributed by atoms with Crippen molar-refractivity contribution in [1.29, 1.82) is 0 Å². The van der Waals surface area contributed by atoms with Crippen LogP contribution in [0.4, 0.5) is 15.8 Å². The highest BCUT2D eigenvalue weighted by Gasteiger charge is 2.55. The van der Waals surface area contributed by atoms with Crippen LogP contribution < -0.4 is 9.91 Å². The zero-order valence-electron chi connectivity index (χ0n) is 12.1. The van der Waals surface area contributed by atoms with Gasteiger partial charge in [0.2, 0.25) is 0 Å². The molecule has 1 fully saturated rings. The zero-order chi connectivity index (χ0) is 16.8. The van der Waals surface area contributed by atoms with Crippen LogP contribution in [0.15, 0.2) is 58.9 Å². The first-order chi connectivity index (χ1) is 11.6. The van der Waals surface area contributed by atoms with E-state index >= 15 is 0 Å². The average molecular weight is 345 g/mol. The van der Waals surface area contributed by atoms with Crippen LogP contribution in [0.3, 0.4) is 0 Å². The van der Waals surface area contributed by atoms with Crippen LogP contribution in [0.25, 0.3) is 0 Å². The van der Waals surface area contributed by atoms with Gasteiger partial charge >= 0.3 is 0 Å². The Bertz CT molecular complexity index is 853. The van der Waals surface area contributed by atoms with Crippen molar-refractivity contribution >= 4 is 34.8 Å². The lowest BCUT2D eigenvalue weighted by atomic mass is 10.1. The molecule has 0 radical (unpaired) electrons. The molecule has 2 aliphatic rings. The summed E-state index contributed by atoms with van der Waals surface area (Å²) in [5.74, 6) is -1.37. The molecular formula is C16H10ClFN4O2. The quantitative estimate of drug-likeness (QED) is 0.787. The summed E-state index contributed by atoms with van der Waals surface area (Å²) in [6, 6.07) is 10.1. The monoisotopic (exact) mass is 344 g/mol. The SMILES string of the molecule is O=C1[C@H]2N=NN(c3ccc(Cl)cc3)[C@H]2C(=O)N1c1ccc(F)cc1. The number of benzene rings is 2. The third kappa shape index (κ3) is 2.16. The Morgan fingerprint density at radius 3 is 2.21 bits per heavy atom. The van der Waals surface area contributed by atoms with Gasteiger partial charge in [0, 0.05) is 5.02 Å². The number of imide groups is 1. The maximum atomic E-state index is 13.1. The van der Waals surface area contributed by atoms with Crippen molar-refractivity contribution < 1.29 is 14.0 Å². The third-order valence-corrected chi connectivity index (χ3v) is 4.21. The van der Waals surface area contributed by atoms with E-state index in [2.05, 4.69) is 10.3 Å². The summed E-state index contributed by atoms with van der Waals surface area (Å²) in [4.78, 5) is 26.3. The van der Waals surface area contributed by atoms with E-state index in [-0.39, 0.29) is 0 Å². The predicted octanol–water partition coefficient (Wildman–Crippen LogP) is 2.98. The van der Waals surface area contributed by atoms with E-state index in [0.29, 0.717) is 16.4 Å². The summed E-state index contributed by atoms with van der Waals surface area (Å²) >= 11 is 5.86. The molecule has 0 N–H and O–H groups in total. The minimum atomic E-state index is -0.904. The summed E-state index contributed by atoms with van der Waals surface area (Å²) in [6.07, 6.45) is 0. The van der Waals surface area contributed by atoms with Crippen LogP contribution in [0.5, 0.6) is 0 Å². The molecule has 2 amide bonds. The van der Waals surface area contributed by atoms with E-state index < -0.39 is 29.7 Å². The van der Waals surface area contributed by atoms with Crippen molar-refractivity contribution in [2.24, 2.45) is 10.3 Å². The van der Waals surface area contributed by atoms with Crippen molar-refractivity contribution in [3.05, 3.63) is 59.4 Å². The van der Waals surface area contributed by atoms with E-state index in [4.69, 9.17) is 11.6 Å². The Kier molecular flexibility index (Phi) is 3.31. The number of hydrogen-bond donors (Lipinski definition) is 0. The first kappa shape index (κ1) is 14.8. The number of nitrogens with zero attached hydrogens (tertiary/aromatic N) is 4. The Hall–Kier alpha value is -2.80. The Morgan fingerprint density at radius 2 is 1.54 bits per heavy atom. The molecule has 120 valence electrons. The summed E-state index contributed by atoms with van der Waals surface area (Å²) in [5, 5.41) is 9.84. The van der Waals surface area contributed by atoms with Crippen molar-refractivity contribution in [1.82, 2.24) is 0 Å². The summed E-state index contributed by atoms with van der Waals surface area (Å²) in [5.41, 5.74) is 0.921. The van der Waals surface area contributed by atoms with E-state index in [0.717, 1.165) is 4.90 Å². The van der Waals surface area contributed by atoms with Gasteiger partial charge in [-0.1, -0.05) is 16.8 Å². The number of carbonyl (C=O) groups is 2. The topological polar surface area (TPSA) is 65.3 Å². The Balaban J connectivity index is 1.69. The van der Waals surface area contributed by atoms with Crippen molar-refractivity contribution in [2.45, 2.75) is 12.1 Å². The third-order valence-electron chi connectivity index (χ3n) is 3.96. The fraction of sp³-hybridized carbons (Fsp3) is 0.125. The summed E-state index contributed by atoms with van der Waals surface area (Å²) in [7, 11) is 0. The normalized spacial score (nSPS) is 22.4. The molecule has 1 saturated heterocycles. The van der Waals surface area contributed by atoms with E-state index in [9.17, 15) is 14.0 Å². The molecule has 0 bridgehead atoms. The van der Waals surface area contributed by atoms with Gasteiger partial charge in [-0.15, -0.1) is 0 Å². The molecule has 8 heteroatoms. The first-order valence-electron chi connectivity index (χ1n) is 7.15. The fourth-order valence-corrected chi connectivity index (χ4v) is 2.94. The molecule has 2 aromatic carbocycles. The molecule has 4 rings (SSSR count). The lowest BCUT2D eigenvalue weighted by molar-refractivity contribution is -0.121. The van der Waals surface area contributed by atoms with Gasteiger partial charge in [-0.25, -0.2) is 14.3 Å². The second kappa shape index (κ2) is 5.38. The maximum Gasteiger partial charge on any atom is 0.263 e. The lowest BCUT2D eigenvalue weighted by Crippen LogP contribution is -2.39. The smallest absolute Gasteiger partial charge is 0.263 e. The van der Waals surface area contributed by atoms with Gasteiger partial charge in [0.05, 0.1) is 11.4 Å². The number of anilines is 2. The molecule has 0 aromatic heterocycles. The second-order valence-corrected chi connectivity index (χ2v) is 5.84. The van der Waals surface area contributed by atoms with Gasteiger partial charge in [-0.05, 0) is 48.5 Å². The minimum Gasteiger partial charge on any atom is -0.271 e. The van der Waals surface area contributed by atoms with Gasteiger partial charge in [-0.2, -0.15) is 5.11 Å². The van der Waals surface area contributed by atoms with Crippen molar-refractivity contribution in [2.75, 3.05) is 9.91 Å². The number of rotatable bonds is 2. The number of hydrogen-bond acceptors (Lipinski definition) is 5. The lowest BCUT2D eigenvalue weighted by Gasteiger charge is -2.20. The molecule has 2 heterocycles. The molecular weight excluding hydrogens is 335 g/mol. The van der Waals surface area contributed by atoms with Crippen LogP contribution in [-0.4, -0.2) is 23.9 Å². The van der Waals surface area contributed by atoms with Crippen molar-refractivity contribution in [3.63, 3.8) is 0 Å². The molecule has 24 heavy (non-hydrogen) atoms. The molecule has 0 aliphatic carbocycles. The van der Waals surface area contributed by atoms with Crippen LogP contribution in [0.1, 0.15) is 0 Å². The predicted molar refractivity (Wildman–Crippen MR) is 85.3 cm³/mol. The molecule has 2 aromatic rings. The van der Waals surface area contributed by atoms with Crippen LogP contribution in [0, 0.1) is 5.82 Å². The van der Waals surface area contributed by atoms with Crippen LogP contribution >= 0.6 is 11.6 Å². The standard InChI is InChI=1S/C16H10ClFN4O2/c17-9-1-5-12(6-2-9)22-14-13(19-20-22)15(23)21(16(14)24)11-7-3-10(18)4-8-11/h1-8,13-14H/t13-,14+/m0/s1. The number of halogens is 2. The van der Waals surface area contributed by atoms with Gasteiger partial charge in [-0.3, -0.25) is 9.59 Å². The Morgan fingerprint density at radius 1 is 0.917 bits per heavy atom. The van der Waals surface area contributed by atoms with Gasteiger partial charge < -0.3 is 0 Å². The second-order valence-electron chi connectivity index (χ2n) is 5.40. The van der Waals surface area contributed by atoms with E-state index in [1.807, 2.05) is 0 Å². The number of fused-ring (bicyclic) bond motifs is 1. The molecule has 0 saturated carbocycles. The Labute approximate surface area is 141 Å². The molecule has 2 atom stereocenters. The maximum absolute atomic E-state index is 13.1. The first-order valence-corrected chi connectivity index (χ1v) is 7.53. The number of amides is 2. The van der Waals surface area contributed by atoms with Gasteiger partial charge in [0.25, 0.3) is 11.8 Å². The highest BCUT2D eigenvalue weighted by atomic mass is 35.5. The average Bonchev–Trinajstić information content (AvgIpc) is 3.11. The largest absolute Gasteiger partial charge is 0.271 e. The highest BCUT2D eigenvalue weighted by molar-refractivity contribution is 6.30. The molecule has 0 unspecified atom stereocenters. The zero-order valence-corrected chi connectivity index (χ0v) is 12.9. The molecule has 2 aliphatic heterocycles. The minimum absolute atomic E-state index is 0.312. The van der Waals surface area contributed by atoms with E-state index in [1.54, 1.807) is 24.3 Å². The highest BCUT2D eigenvalue weighted by Crippen LogP contribution is 2.35.